The number of hydrogen-bond acceptors (Lipinski definition) is 2. The van der Waals surface area contributed by atoms with E-state index in [-0.39, 0.29) is 0 Å². The standard InChI is InChI=1S/C13H15BrN2/c14-12-5-11(7-16-8-12)10-1-2-13(6-10)3-4-15-9-13/h5-8,15H,1-4,9H2. The summed E-state index contributed by atoms with van der Waals surface area (Å²) in [5, 5.41) is 3.47. The Morgan fingerprint density at radius 3 is 3.00 bits per heavy atom. The van der Waals surface area contributed by atoms with E-state index in [0.717, 1.165) is 11.0 Å². The molecule has 0 saturated carbocycles. The Labute approximate surface area is 104 Å². The van der Waals surface area contributed by atoms with Gasteiger partial charge in [-0.1, -0.05) is 6.08 Å². The number of rotatable bonds is 1. The number of aromatic nitrogens is 1. The second-order valence-electron chi connectivity index (χ2n) is 4.85. The van der Waals surface area contributed by atoms with Crippen molar-refractivity contribution in [2.24, 2.45) is 5.41 Å². The van der Waals surface area contributed by atoms with Crippen molar-refractivity contribution in [2.75, 3.05) is 13.1 Å². The molecule has 1 spiro atoms. The molecular weight excluding hydrogens is 264 g/mol. The lowest BCUT2D eigenvalue weighted by Crippen LogP contribution is -2.18. The predicted octanol–water partition coefficient (Wildman–Crippen LogP) is 3.00. The summed E-state index contributed by atoms with van der Waals surface area (Å²) in [6, 6.07) is 2.17. The SMILES string of the molecule is Brc1cncc(C2=CC3(CCNC3)CC2)c1. The molecule has 1 N–H and O–H groups in total. The normalized spacial score (nSPS) is 28.7. The Bertz CT molecular complexity index is 433. The molecule has 1 aliphatic heterocycles. The number of halogens is 1. The van der Waals surface area contributed by atoms with Crippen LogP contribution in [0.15, 0.2) is 29.0 Å². The van der Waals surface area contributed by atoms with E-state index < -0.39 is 0 Å². The van der Waals surface area contributed by atoms with Crippen LogP contribution in [-0.4, -0.2) is 18.1 Å². The highest BCUT2D eigenvalue weighted by atomic mass is 79.9. The van der Waals surface area contributed by atoms with Gasteiger partial charge in [-0.2, -0.15) is 0 Å². The second-order valence-corrected chi connectivity index (χ2v) is 5.77. The van der Waals surface area contributed by atoms with Crippen molar-refractivity contribution >= 4 is 21.5 Å². The van der Waals surface area contributed by atoms with Gasteiger partial charge in [0.1, 0.15) is 0 Å². The molecule has 2 heterocycles. The van der Waals surface area contributed by atoms with Crippen LogP contribution in [0.1, 0.15) is 24.8 Å². The molecule has 0 amide bonds. The van der Waals surface area contributed by atoms with Crippen LogP contribution >= 0.6 is 15.9 Å². The van der Waals surface area contributed by atoms with E-state index in [4.69, 9.17) is 0 Å². The van der Waals surface area contributed by atoms with Gasteiger partial charge in [0.25, 0.3) is 0 Å². The van der Waals surface area contributed by atoms with Crippen LogP contribution in [0.5, 0.6) is 0 Å². The van der Waals surface area contributed by atoms with E-state index in [1.54, 1.807) is 0 Å². The molecule has 1 unspecified atom stereocenters. The van der Waals surface area contributed by atoms with Crippen LogP contribution in [0.25, 0.3) is 5.57 Å². The molecule has 0 radical (unpaired) electrons. The van der Waals surface area contributed by atoms with Crippen molar-refractivity contribution in [2.45, 2.75) is 19.3 Å². The van der Waals surface area contributed by atoms with Crippen LogP contribution < -0.4 is 5.32 Å². The maximum Gasteiger partial charge on any atom is 0.0410 e. The summed E-state index contributed by atoms with van der Waals surface area (Å²) in [5.41, 5.74) is 3.19. The third-order valence-corrected chi connectivity index (χ3v) is 4.16. The number of allylic oxidation sites excluding steroid dienone is 1. The topological polar surface area (TPSA) is 24.9 Å². The zero-order chi connectivity index (χ0) is 11.0. The smallest absolute Gasteiger partial charge is 0.0410 e. The molecule has 3 rings (SSSR count). The average molecular weight is 279 g/mol. The Morgan fingerprint density at radius 2 is 2.25 bits per heavy atom. The highest BCUT2D eigenvalue weighted by molar-refractivity contribution is 9.10. The first-order valence-electron chi connectivity index (χ1n) is 5.81. The van der Waals surface area contributed by atoms with Crippen molar-refractivity contribution in [1.29, 1.82) is 0 Å². The summed E-state index contributed by atoms with van der Waals surface area (Å²) in [7, 11) is 0. The van der Waals surface area contributed by atoms with E-state index in [1.165, 1.54) is 36.9 Å². The summed E-state index contributed by atoms with van der Waals surface area (Å²) in [6.45, 7) is 2.32. The van der Waals surface area contributed by atoms with Gasteiger partial charge in [-0.3, -0.25) is 4.98 Å². The molecule has 16 heavy (non-hydrogen) atoms. The van der Waals surface area contributed by atoms with E-state index in [2.05, 4.69) is 38.4 Å². The fraction of sp³-hybridized carbons (Fsp3) is 0.462. The van der Waals surface area contributed by atoms with Gasteiger partial charge in [-0.25, -0.2) is 0 Å². The molecule has 1 aromatic heterocycles. The number of nitrogens with zero attached hydrogens (tertiary/aromatic N) is 1. The third kappa shape index (κ3) is 1.82. The van der Waals surface area contributed by atoms with Gasteiger partial charge >= 0.3 is 0 Å². The number of hydrogen-bond donors (Lipinski definition) is 1. The molecule has 2 nitrogen and oxygen atoms in total. The summed E-state index contributed by atoms with van der Waals surface area (Å²) in [6.07, 6.45) is 10.1. The molecule has 1 aromatic rings. The van der Waals surface area contributed by atoms with Crippen molar-refractivity contribution in [1.82, 2.24) is 10.3 Å². The largest absolute Gasteiger partial charge is 0.316 e. The lowest BCUT2D eigenvalue weighted by molar-refractivity contribution is 0.419. The summed E-state index contributed by atoms with van der Waals surface area (Å²) in [5.74, 6) is 0. The first kappa shape index (κ1) is 10.5. The maximum absolute atomic E-state index is 4.24. The Balaban J connectivity index is 1.91. The minimum absolute atomic E-state index is 0.442. The Morgan fingerprint density at radius 1 is 1.31 bits per heavy atom. The highest BCUT2D eigenvalue weighted by Gasteiger charge is 2.35. The van der Waals surface area contributed by atoms with Gasteiger partial charge in [-0.05, 0) is 58.9 Å². The van der Waals surface area contributed by atoms with Crippen molar-refractivity contribution in [3.05, 3.63) is 34.6 Å². The zero-order valence-electron chi connectivity index (χ0n) is 9.17. The van der Waals surface area contributed by atoms with Gasteiger partial charge in [0.05, 0.1) is 0 Å². The van der Waals surface area contributed by atoms with Crippen molar-refractivity contribution in [3.8, 4) is 0 Å². The predicted molar refractivity (Wildman–Crippen MR) is 69.1 cm³/mol. The second kappa shape index (κ2) is 3.97. The van der Waals surface area contributed by atoms with Crippen LogP contribution in [0, 0.1) is 5.41 Å². The first-order valence-corrected chi connectivity index (χ1v) is 6.60. The summed E-state index contributed by atoms with van der Waals surface area (Å²) < 4.78 is 1.07. The lowest BCUT2D eigenvalue weighted by Gasteiger charge is -2.17. The lowest BCUT2D eigenvalue weighted by atomic mass is 9.87. The van der Waals surface area contributed by atoms with Gasteiger partial charge in [0.2, 0.25) is 0 Å². The fourth-order valence-electron chi connectivity index (χ4n) is 2.81. The molecule has 3 heteroatoms. The maximum atomic E-state index is 4.24. The Hall–Kier alpha value is -0.670. The third-order valence-electron chi connectivity index (χ3n) is 3.73. The average Bonchev–Trinajstić information content (AvgIpc) is 2.90. The summed E-state index contributed by atoms with van der Waals surface area (Å²) in [4.78, 5) is 4.24. The van der Waals surface area contributed by atoms with Crippen LogP contribution in [-0.2, 0) is 0 Å². The molecule has 1 aliphatic carbocycles. The van der Waals surface area contributed by atoms with Gasteiger partial charge in [0, 0.05) is 28.8 Å². The van der Waals surface area contributed by atoms with Crippen molar-refractivity contribution in [3.63, 3.8) is 0 Å². The molecule has 2 aliphatic rings. The molecule has 0 bridgehead atoms. The summed E-state index contributed by atoms with van der Waals surface area (Å²) >= 11 is 3.48. The monoisotopic (exact) mass is 278 g/mol. The molecule has 1 atom stereocenters. The molecule has 84 valence electrons. The van der Waals surface area contributed by atoms with E-state index >= 15 is 0 Å². The number of pyridine rings is 1. The van der Waals surface area contributed by atoms with E-state index in [0.29, 0.717) is 5.41 Å². The molecular formula is C13H15BrN2. The zero-order valence-corrected chi connectivity index (χ0v) is 10.8. The fourth-order valence-corrected chi connectivity index (χ4v) is 3.18. The molecule has 1 fully saturated rings. The van der Waals surface area contributed by atoms with E-state index in [1.807, 2.05) is 12.4 Å². The van der Waals surface area contributed by atoms with Gasteiger partial charge in [0.15, 0.2) is 0 Å². The Kier molecular flexibility index (Phi) is 2.60. The minimum Gasteiger partial charge on any atom is -0.316 e. The van der Waals surface area contributed by atoms with Crippen LogP contribution in [0.2, 0.25) is 0 Å². The quantitative estimate of drug-likeness (QED) is 0.854. The number of nitrogens with one attached hydrogen (secondary N) is 1. The molecule has 0 aromatic carbocycles. The first-order chi connectivity index (χ1) is 7.77. The molecule has 1 saturated heterocycles. The highest BCUT2D eigenvalue weighted by Crippen LogP contribution is 2.44. The van der Waals surface area contributed by atoms with Gasteiger partial charge in [-0.15, -0.1) is 0 Å². The van der Waals surface area contributed by atoms with E-state index in [9.17, 15) is 0 Å². The van der Waals surface area contributed by atoms with Gasteiger partial charge < -0.3 is 5.32 Å². The van der Waals surface area contributed by atoms with Crippen LogP contribution in [0.4, 0.5) is 0 Å². The minimum atomic E-state index is 0.442. The van der Waals surface area contributed by atoms with Crippen LogP contribution in [0.3, 0.4) is 0 Å². The van der Waals surface area contributed by atoms with Crippen molar-refractivity contribution < 1.29 is 0 Å².